The summed E-state index contributed by atoms with van der Waals surface area (Å²) >= 11 is 5.76. The fraction of sp³-hybridized carbons (Fsp3) is 0.467. The molecule has 1 rings (SSSR count). The van der Waals surface area contributed by atoms with Gasteiger partial charge < -0.3 is 10.6 Å². The van der Waals surface area contributed by atoms with Crippen molar-refractivity contribution in [2.24, 2.45) is 5.41 Å². The molecule has 5 heteroatoms. The van der Waals surface area contributed by atoms with Crippen LogP contribution in [0.5, 0.6) is 0 Å². The van der Waals surface area contributed by atoms with Gasteiger partial charge in [-0.15, -0.1) is 0 Å². The molecular formula is C15H21ClN2O2. The van der Waals surface area contributed by atoms with Crippen molar-refractivity contribution in [1.82, 2.24) is 5.32 Å². The van der Waals surface area contributed by atoms with Crippen molar-refractivity contribution in [1.29, 1.82) is 0 Å². The Labute approximate surface area is 124 Å². The number of halogens is 1. The maximum absolute atomic E-state index is 11.7. The van der Waals surface area contributed by atoms with Gasteiger partial charge in [-0.3, -0.25) is 9.59 Å². The number of nitrogens with one attached hydrogen (secondary N) is 2. The first-order chi connectivity index (χ1) is 9.29. The molecule has 0 radical (unpaired) electrons. The standard InChI is InChI=1S/C15H21ClN2O2/c1-15(2,3)14(20)17-10-4-5-13(19)18-12-8-6-11(16)7-9-12/h6-9H,4-5,10H2,1-3H3,(H,17,20)(H,18,19). The van der Waals surface area contributed by atoms with Crippen LogP contribution < -0.4 is 10.6 Å². The Balaban J connectivity index is 2.24. The third-order valence-corrected chi connectivity index (χ3v) is 2.93. The Bertz CT molecular complexity index is 464. The molecule has 20 heavy (non-hydrogen) atoms. The van der Waals surface area contributed by atoms with E-state index in [1.807, 2.05) is 20.8 Å². The van der Waals surface area contributed by atoms with Crippen LogP contribution in [0, 0.1) is 5.41 Å². The number of hydrogen-bond acceptors (Lipinski definition) is 2. The highest BCUT2D eigenvalue weighted by Crippen LogP contribution is 2.14. The van der Waals surface area contributed by atoms with Crippen LogP contribution in [0.1, 0.15) is 33.6 Å². The monoisotopic (exact) mass is 296 g/mol. The van der Waals surface area contributed by atoms with E-state index >= 15 is 0 Å². The second kappa shape index (κ2) is 7.29. The molecule has 0 saturated carbocycles. The average molecular weight is 297 g/mol. The van der Waals surface area contributed by atoms with Gasteiger partial charge in [-0.25, -0.2) is 0 Å². The number of hydrogen-bond donors (Lipinski definition) is 2. The summed E-state index contributed by atoms with van der Waals surface area (Å²) in [6.45, 7) is 6.07. The zero-order valence-corrected chi connectivity index (χ0v) is 12.9. The molecule has 0 fully saturated rings. The summed E-state index contributed by atoms with van der Waals surface area (Å²) in [4.78, 5) is 23.3. The largest absolute Gasteiger partial charge is 0.356 e. The number of anilines is 1. The van der Waals surface area contributed by atoms with E-state index in [1.165, 1.54) is 0 Å². The maximum Gasteiger partial charge on any atom is 0.225 e. The molecule has 0 spiro atoms. The lowest BCUT2D eigenvalue weighted by Crippen LogP contribution is -2.35. The molecule has 2 amide bonds. The minimum absolute atomic E-state index is 0.00407. The minimum Gasteiger partial charge on any atom is -0.356 e. The highest BCUT2D eigenvalue weighted by Gasteiger charge is 2.20. The predicted octanol–water partition coefficient (Wildman–Crippen LogP) is 3.22. The molecule has 0 aliphatic heterocycles. The maximum atomic E-state index is 11.7. The number of carbonyl (C=O) groups excluding carboxylic acids is 2. The van der Waals surface area contributed by atoms with Crippen molar-refractivity contribution >= 4 is 29.1 Å². The Morgan fingerprint density at radius 1 is 1.15 bits per heavy atom. The zero-order valence-electron chi connectivity index (χ0n) is 12.1. The van der Waals surface area contributed by atoms with Gasteiger partial charge in [0.1, 0.15) is 0 Å². The van der Waals surface area contributed by atoms with Crippen molar-refractivity contribution in [2.75, 3.05) is 11.9 Å². The first kappa shape index (κ1) is 16.5. The van der Waals surface area contributed by atoms with Gasteiger partial charge >= 0.3 is 0 Å². The smallest absolute Gasteiger partial charge is 0.225 e. The summed E-state index contributed by atoms with van der Waals surface area (Å²) in [5, 5.41) is 6.22. The highest BCUT2D eigenvalue weighted by atomic mass is 35.5. The van der Waals surface area contributed by atoms with Crippen molar-refractivity contribution in [2.45, 2.75) is 33.6 Å². The summed E-state index contributed by atoms with van der Waals surface area (Å²) < 4.78 is 0. The van der Waals surface area contributed by atoms with Crippen LogP contribution in [0.25, 0.3) is 0 Å². The predicted molar refractivity (Wildman–Crippen MR) is 81.8 cm³/mol. The molecule has 0 aliphatic carbocycles. The van der Waals surface area contributed by atoms with Crippen molar-refractivity contribution in [3.05, 3.63) is 29.3 Å². The van der Waals surface area contributed by atoms with Crippen molar-refractivity contribution < 1.29 is 9.59 Å². The fourth-order valence-electron chi connectivity index (χ4n) is 1.47. The molecule has 110 valence electrons. The third-order valence-electron chi connectivity index (χ3n) is 2.68. The number of amides is 2. The third kappa shape index (κ3) is 6.06. The van der Waals surface area contributed by atoms with Crippen LogP contribution in [0.15, 0.2) is 24.3 Å². The van der Waals surface area contributed by atoms with E-state index in [9.17, 15) is 9.59 Å². The molecule has 0 unspecified atom stereocenters. The topological polar surface area (TPSA) is 58.2 Å². The van der Waals surface area contributed by atoms with Crippen LogP contribution in [-0.4, -0.2) is 18.4 Å². The lowest BCUT2D eigenvalue weighted by atomic mass is 9.96. The number of benzene rings is 1. The van der Waals surface area contributed by atoms with E-state index in [4.69, 9.17) is 11.6 Å². The van der Waals surface area contributed by atoms with E-state index in [0.29, 0.717) is 24.4 Å². The van der Waals surface area contributed by atoms with Crippen molar-refractivity contribution in [3.63, 3.8) is 0 Å². The molecule has 4 nitrogen and oxygen atoms in total. The molecule has 2 N–H and O–H groups in total. The average Bonchev–Trinajstić information content (AvgIpc) is 2.36. The number of carbonyl (C=O) groups is 2. The van der Waals surface area contributed by atoms with Crippen LogP contribution in [0.2, 0.25) is 5.02 Å². The van der Waals surface area contributed by atoms with Gasteiger partial charge in [-0.1, -0.05) is 32.4 Å². The highest BCUT2D eigenvalue weighted by molar-refractivity contribution is 6.30. The van der Waals surface area contributed by atoms with Crippen LogP contribution in [0.4, 0.5) is 5.69 Å². The van der Waals surface area contributed by atoms with Gasteiger partial charge in [-0.05, 0) is 30.7 Å². The van der Waals surface area contributed by atoms with Gasteiger partial charge in [0.05, 0.1) is 0 Å². The molecule has 0 atom stereocenters. The van der Waals surface area contributed by atoms with Gasteiger partial charge in [-0.2, -0.15) is 0 Å². The molecule has 1 aromatic carbocycles. The van der Waals surface area contributed by atoms with E-state index in [-0.39, 0.29) is 11.8 Å². The summed E-state index contributed by atoms with van der Waals surface area (Å²) in [7, 11) is 0. The minimum atomic E-state index is -0.397. The van der Waals surface area contributed by atoms with Crippen LogP contribution in [0.3, 0.4) is 0 Å². The first-order valence-corrected chi connectivity index (χ1v) is 7.00. The second-order valence-corrected chi connectivity index (χ2v) is 6.10. The normalized spacial score (nSPS) is 11.0. The lowest BCUT2D eigenvalue weighted by molar-refractivity contribution is -0.128. The van der Waals surface area contributed by atoms with Crippen LogP contribution >= 0.6 is 11.6 Å². The van der Waals surface area contributed by atoms with E-state index in [2.05, 4.69) is 10.6 Å². The van der Waals surface area contributed by atoms with E-state index < -0.39 is 5.41 Å². The molecule has 0 aromatic heterocycles. The van der Waals surface area contributed by atoms with E-state index in [0.717, 1.165) is 5.69 Å². The van der Waals surface area contributed by atoms with Gasteiger partial charge in [0.25, 0.3) is 0 Å². The van der Waals surface area contributed by atoms with E-state index in [1.54, 1.807) is 24.3 Å². The Kier molecular flexibility index (Phi) is 6.02. The second-order valence-electron chi connectivity index (χ2n) is 5.66. The van der Waals surface area contributed by atoms with Crippen LogP contribution in [-0.2, 0) is 9.59 Å². The zero-order chi connectivity index (χ0) is 15.2. The molecule has 0 saturated heterocycles. The molecule has 0 bridgehead atoms. The van der Waals surface area contributed by atoms with Gasteiger partial charge in [0, 0.05) is 29.1 Å². The van der Waals surface area contributed by atoms with Gasteiger partial charge in [0.15, 0.2) is 0 Å². The molecule has 0 heterocycles. The Morgan fingerprint density at radius 3 is 2.30 bits per heavy atom. The Morgan fingerprint density at radius 2 is 1.75 bits per heavy atom. The quantitative estimate of drug-likeness (QED) is 0.820. The Hall–Kier alpha value is -1.55. The van der Waals surface area contributed by atoms with Crippen molar-refractivity contribution in [3.8, 4) is 0 Å². The summed E-state index contributed by atoms with van der Waals surface area (Å²) in [5.74, 6) is -0.0760. The summed E-state index contributed by atoms with van der Waals surface area (Å²) in [6, 6.07) is 6.95. The lowest BCUT2D eigenvalue weighted by Gasteiger charge is -2.17. The SMILES string of the molecule is CC(C)(C)C(=O)NCCCC(=O)Nc1ccc(Cl)cc1. The summed E-state index contributed by atoms with van der Waals surface area (Å²) in [6.07, 6.45) is 0.980. The molecule has 1 aromatic rings. The summed E-state index contributed by atoms with van der Waals surface area (Å²) in [5.41, 5.74) is 0.323. The fourth-order valence-corrected chi connectivity index (χ4v) is 1.60. The molecule has 0 aliphatic rings. The number of rotatable bonds is 5. The molecular weight excluding hydrogens is 276 g/mol. The van der Waals surface area contributed by atoms with Gasteiger partial charge in [0.2, 0.25) is 11.8 Å². The first-order valence-electron chi connectivity index (χ1n) is 6.63.